The van der Waals surface area contributed by atoms with Crippen molar-refractivity contribution in [2.45, 2.75) is 6.42 Å². The number of fused-ring (bicyclic) bond motifs is 1. The highest BCUT2D eigenvalue weighted by atomic mass is 16.5. The molecule has 0 spiro atoms. The lowest BCUT2D eigenvalue weighted by Crippen LogP contribution is -2.45. The highest BCUT2D eigenvalue weighted by molar-refractivity contribution is 5.42. The molecule has 3 heteroatoms. The molecule has 2 aliphatic heterocycles. The Bertz CT molecular complexity index is 361. The molecule has 3 rings (SSSR count). The highest BCUT2D eigenvalue weighted by Crippen LogP contribution is 2.29. The molecule has 0 amide bonds. The largest absolute Gasteiger partial charge is 0.493 e. The van der Waals surface area contributed by atoms with Crippen LogP contribution in [0.4, 0.5) is 0 Å². The fraction of sp³-hybridized carbons (Fsp3) is 0.500. The second-order valence-electron chi connectivity index (χ2n) is 4.20. The van der Waals surface area contributed by atoms with Crippen molar-refractivity contribution in [2.75, 3.05) is 26.3 Å². The normalized spacial score (nSPS) is 19.2. The average Bonchev–Trinajstić information content (AvgIpc) is 2.62. The van der Waals surface area contributed by atoms with Crippen LogP contribution in [-0.4, -0.2) is 26.3 Å². The van der Waals surface area contributed by atoms with Gasteiger partial charge in [-0.3, -0.25) is 0 Å². The Kier molecular flexibility index (Phi) is 2.25. The first-order chi connectivity index (χ1) is 7.42. The number of nitrogens with one attached hydrogen (secondary N) is 1. The molecule has 0 aliphatic carbocycles. The van der Waals surface area contributed by atoms with Crippen LogP contribution in [-0.2, 0) is 6.42 Å². The van der Waals surface area contributed by atoms with Gasteiger partial charge in [0.2, 0.25) is 0 Å². The van der Waals surface area contributed by atoms with Gasteiger partial charge < -0.3 is 14.8 Å². The molecule has 0 unspecified atom stereocenters. The molecule has 1 aromatic rings. The minimum Gasteiger partial charge on any atom is -0.493 e. The van der Waals surface area contributed by atoms with Gasteiger partial charge >= 0.3 is 0 Å². The van der Waals surface area contributed by atoms with E-state index in [2.05, 4.69) is 11.4 Å². The Morgan fingerprint density at radius 1 is 1.40 bits per heavy atom. The molecular formula is C12H15NO2. The van der Waals surface area contributed by atoms with Gasteiger partial charge in [-0.15, -0.1) is 0 Å². The zero-order chi connectivity index (χ0) is 10.1. The summed E-state index contributed by atoms with van der Waals surface area (Å²) in [6.45, 7) is 3.79. The zero-order valence-electron chi connectivity index (χ0n) is 8.66. The average molecular weight is 205 g/mol. The summed E-state index contributed by atoms with van der Waals surface area (Å²) in [7, 11) is 0. The molecule has 2 heterocycles. The summed E-state index contributed by atoms with van der Waals surface area (Å²) in [5, 5.41) is 3.23. The number of rotatable bonds is 3. The van der Waals surface area contributed by atoms with Crippen molar-refractivity contribution >= 4 is 0 Å². The van der Waals surface area contributed by atoms with Crippen LogP contribution < -0.4 is 14.8 Å². The van der Waals surface area contributed by atoms with Crippen molar-refractivity contribution in [3.05, 3.63) is 23.8 Å². The van der Waals surface area contributed by atoms with Crippen LogP contribution in [0.25, 0.3) is 0 Å². The lowest BCUT2D eigenvalue weighted by molar-refractivity contribution is 0.198. The molecule has 1 fully saturated rings. The van der Waals surface area contributed by atoms with E-state index in [-0.39, 0.29) is 0 Å². The molecule has 0 atom stereocenters. The topological polar surface area (TPSA) is 30.5 Å². The van der Waals surface area contributed by atoms with Crippen LogP contribution in [0.1, 0.15) is 5.56 Å². The second-order valence-corrected chi connectivity index (χ2v) is 4.20. The van der Waals surface area contributed by atoms with Gasteiger partial charge in [-0.1, -0.05) is 6.07 Å². The predicted octanol–water partition coefficient (Wildman–Crippen LogP) is 1.22. The van der Waals surface area contributed by atoms with Gasteiger partial charge in [0.25, 0.3) is 0 Å². The maximum Gasteiger partial charge on any atom is 0.126 e. The number of ether oxygens (including phenoxy) is 2. The monoisotopic (exact) mass is 205 g/mol. The third-order valence-corrected chi connectivity index (χ3v) is 3.02. The number of hydrogen-bond donors (Lipinski definition) is 1. The van der Waals surface area contributed by atoms with Crippen LogP contribution >= 0.6 is 0 Å². The van der Waals surface area contributed by atoms with Crippen LogP contribution in [0.2, 0.25) is 0 Å². The maximum absolute atomic E-state index is 5.72. The zero-order valence-corrected chi connectivity index (χ0v) is 8.66. The first-order valence-electron chi connectivity index (χ1n) is 5.51. The Hall–Kier alpha value is -1.22. The Morgan fingerprint density at radius 2 is 2.33 bits per heavy atom. The van der Waals surface area contributed by atoms with Crippen LogP contribution in [0.3, 0.4) is 0 Å². The summed E-state index contributed by atoms with van der Waals surface area (Å²) >= 11 is 0. The van der Waals surface area contributed by atoms with E-state index >= 15 is 0 Å². The highest BCUT2D eigenvalue weighted by Gasteiger charge is 2.18. The summed E-state index contributed by atoms with van der Waals surface area (Å²) < 4.78 is 11.2. The predicted molar refractivity (Wildman–Crippen MR) is 57.5 cm³/mol. The van der Waals surface area contributed by atoms with E-state index in [9.17, 15) is 0 Å². The molecule has 0 aromatic heterocycles. The number of hydrogen-bond acceptors (Lipinski definition) is 3. The van der Waals surface area contributed by atoms with Gasteiger partial charge in [0, 0.05) is 31.5 Å². The molecule has 0 bridgehead atoms. The van der Waals surface area contributed by atoms with Crippen molar-refractivity contribution in [3.8, 4) is 11.5 Å². The summed E-state index contributed by atoms with van der Waals surface area (Å²) in [6.07, 6.45) is 1.03. The second kappa shape index (κ2) is 3.74. The van der Waals surface area contributed by atoms with E-state index in [1.165, 1.54) is 5.56 Å². The first kappa shape index (κ1) is 9.04. The molecule has 0 radical (unpaired) electrons. The van der Waals surface area contributed by atoms with Gasteiger partial charge in [-0.05, 0) is 11.6 Å². The van der Waals surface area contributed by atoms with E-state index in [0.717, 1.165) is 44.2 Å². The molecular weight excluding hydrogens is 190 g/mol. The lowest BCUT2D eigenvalue weighted by atomic mass is 10.1. The molecule has 3 nitrogen and oxygen atoms in total. The summed E-state index contributed by atoms with van der Waals surface area (Å²) in [5.41, 5.74) is 1.30. The molecule has 80 valence electrons. The molecule has 15 heavy (non-hydrogen) atoms. The summed E-state index contributed by atoms with van der Waals surface area (Å²) in [6, 6.07) is 6.16. The van der Waals surface area contributed by atoms with E-state index in [1.54, 1.807) is 0 Å². The Labute approximate surface area is 89.4 Å². The lowest BCUT2D eigenvalue weighted by Gasteiger charge is -2.26. The van der Waals surface area contributed by atoms with E-state index in [0.29, 0.717) is 5.92 Å². The fourth-order valence-electron chi connectivity index (χ4n) is 1.92. The van der Waals surface area contributed by atoms with Gasteiger partial charge in [0.15, 0.2) is 0 Å². The Morgan fingerprint density at radius 3 is 3.13 bits per heavy atom. The summed E-state index contributed by atoms with van der Waals surface area (Å²) in [5.74, 6) is 2.61. The fourth-order valence-corrected chi connectivity index (χ4v) is 1.92. The first-order valence-corrected chi connectivity index (χ1v) is 5.51. The molecule has 2 aliphatic rings. The summed E-state index contributed by atoms with van der Waals surface area (Å²) in [4.78, 5) is 0. The third kappa shape index (κ3) is 1.79. The Balaban J connectivity index is 1.64. The third-order valence-electron chi connectivity index (χ3n) is 3.02. The van der Waals surface area contributed by atoms with E-state index in [1.807, 2.05) is 12.1 Å². The van der Waals surface area contributed by atoms with E-state index < -0.39 is 0 Å². The number of benzene rings is 1. The van der Waals surface area contributed by atoms with Crippen molar-refractivity contribution in [1.29, 1.82) is 0 Å². The van der Waals surface area contributed by atoms with E-state index in [4.69, 9.17) is 9.47 Å². The molecule has 0 saturated carbocycles. The minimum atomic E-state index is 0.680. The van der Waals surface area contributed by atoms with Crippen molar-refractivity contribution in [3.63, 3.8) is 0 Å². The van der Waals surface area contributed by atoms with Crippen LogP contribution in [0, 0.1) is 5.92 Å². The quantitative estimate of drug-likeness (QED) is 0.804. The van der Waals surface area contributed by atoms with Crippen LogP contribution in [0.5, 0.6) is 11.5 Å². The maximum atomic E-state index is 5.72. The van der Waals surface area contributed by atoms with Gasteiger partial charge in [0.1, 0.15) is 11.5 Å². The minimum absolute atomic E-state index is 0.680. The van der Waals surface area contributed by atoms with Crippen molar-refractivity contribution in [1.82, 2.24) is 5.32 Å². The smallest absolute Gasteiger partial charge is 0.126 e. The molecule has 1 aromatic carbocycles. The van der Waals surface area contributed by atoms with Gasteiger partial charge in [0.05, 0.1) is 13.2 Å². The van der Waals surface area contributed by atoms with Crippen molar-refractivity contribution in [2.24, 2.45) is 5.92 Å². The van der Waals surface area contributed by atoms with Gasteiger partial charge in [-0.2, -0.15) is 0 Å². The molecule has 1 N–H and O–H groups in total. The standard InChI is InChI=1S/C12H15NO2/c1-2-11(15-8-9-6-13-7-9)5-12-10(1)3-4-14-12/h1-2,5,9,13H,3-4,6-8H2. The molecule has 1 saturated heterocycles. The van der Waals surface area contributed by atoms with Gasteiger partial charge in [-0.25, -0.2) is 0 Å². The SMILES string of the molecule is c1cc2c(cc1OCC1CNC1)OCC2. The van der Waals surface area contributed by atoms with Crippen molar-refractivity contribution < 1.29 is 9.47 Å². The van der Waals surface area contributed by atoms with Crippen LogP contribution in [0.15, 0.2) is 18.2 Å².